The molecule has 0 aromatic heterocycles. The van der Waals surface area contributed by atoms with Gasteiger partial charge >= 0.3 is 0 Å². The van der Waals surface area contributed by atoms with Gasteiger partial charge in [0.05, 0.1) is 21.6 Å². The predicted octanol–water partition coefficient (Wildman–Crippen LogP) is 3.78. The molecule has 0 saturated carbocycles. The molecule has 138 valence electrons. The fourth-order valence-electron chi connectivity index (χ4n) is 4.10. The Labute approximate surface area is 158 Å². The summed E-state index contributed by atoms with van der Waals surface area (Å²) in [5.41, 5.74) is 2.90. The van der Waals surface area contributed by atoms with Crippen LogP contribution in [0.1, 0.15) is 23.5 Å². The molecule has 2 heterocycles. The predicted molar refractivity (Wildman–Crippen MR) is 101 cm³/mol. The standard InChI is InChI=1S/C19H20ClFN2O2S/c1-12-3-6-18-14(9-12)15-11-22(2)8-7-19(15)23(18)26(24,25)13-4-5-17(21)16(20)10-13/h3-6,9-10,15,19H,7-8,11H2,1-2H3/t15-,19+/m1/s1. The molecule has 2 aliphatic rings. The number of piperidine rings is 1. The molecule has 0 spiro atoms. The van der Waals surface area contributed by atoms with Crippen LogP contribution in [0, 0.1) is 12.7 Å². The van der Waals surface area contributed by atoms with E-state index in [9.17, 15) is 12.8 Å². The van der Waals surface area contributed by atoms with E-state index in [4.69, 9.17) is 11.6 Å². The second kappa shape index (κ2) is 6.22. The topological polar surface area (TPSA) is 40.6 Å². The second-order valence-electron chi connectivity index (χ2n) is 7.16. The van der Waals surface area contributed by atoms with Crippen LogP contribution in [0.15, 0.2) is 41.3 Å². The van der Waals surface area contributed by atoms with Crippen LogP contribution in [0.3, 0.4) is 0 Å². The average Bonchev–Trinajstić information content (AvgIpc) is 2.91. The maximum Gasteiger partial charge on any atom is 0.264 e. The van der Waals surface area contributed by atoms with Gasteiger partial charge in [-0.3, -0.25) is 4.31 Å². The van der Waals surface area contributed by atoms with Crippen LogP contribution >= 0.6 is 11.6 Å². The van der Waals surface area contributed by atoms with Crippen molar-refractivity contribution in [2.45, 2.75) is 30.2 Å². The molecule has 1 saturated heterocycles. The minimum Gasteiger partial charge on any atom is -0.306 e. The van der Waals surface area contributed by atoms with Crippen molar-refractivity contribution in [2.24, 2.45) is 0 Å². The molecule has 2 atom stereocenters. The summed E-state index contributed by atoms with van der Waals surface area (Å²) in [4.78, 5) is 2.26. The molecular formula is C19H20ClFN2O2S. The molecule has 2 aromatic rings. The number of halogens is 2. The zero-order valence-corrected chi connectivity index (χ0v) is 16.2. The SMILES string of the molecule is Cc1ccc2c(c1)[C@H]1CN(C)CC[C@@H]1N2S(=O)(=O)c1ccc(F)c(Cl)c1. The summed E-state index contributed by atoms with van der Waals surface area (Å²) in [5.74, 6) is -0.491. The van der Waals surface area contributed by atoms with E-state index in [1.54, 1.807) is 0 Å². The van der Waals surface area contributed by atoms with Gasteiger partial charge in [0.1, 0.15) is 5.82 Å². The summed E-state index contributed by atoms with van der Waals surface area (Å²) in [5, 5.41) is -0.186. The van der Waals surface area contributed by atoms with Gasteiger partial charge in [0.2, 0.25) is 0 Å². The van der Waals surface area contributed by atoms with Gasteiger partial charge in [0.25, 0.3) is 10.0 Å². The van der Waals surface area contributed by atoms with Crippen LogP contribution in [0.4, 0.5) is 10.1 Å². The number of rotatable bonds is 2. The minimum atomic E-state index is -3.83. The van der Waals surface area contributed by atoms with Crippen LogP contribution in [0.5, 0.6) is 0 Å². The van der Waals surface area contributed by atoms with Crippen molar-refractivity contribution in [3.05, 3.63) is 58.4 Å². The van der Waals surface area contributed by atoms with Crippen LogP contribution in [0.2, 0.25) is 5.02 Å². The number of fused-ring (bicyclic) bond motifs is 3. The van der Waals surface area contributed by atoms with E-state index in [1.807, 2.05) is 19.1 Å². The van der Waals surface area contributed by atoms with E-state index in [-0.39, 0.29) is 21.9 Å². The molecule has 7 heteroatoms. The third-order valence-corrected chi connectivity index (χ3v) is 7.47. The van der Waals surface area contributed by atoms with Gasteiger partial charge < -0.3 is 4.90 Å². The van der Waals surface area contributed by atoms with Crippen molar-refractivity contribution in [1.29, 1.82) is 0 Å². The number of sulfonamides is 1. The first-order valence-corrected chi connectivity index (χ1v) is 10.4. The smallest absolute Gasteiger partial charge is 0.264 e. The Kier molecular flexibility index (Phi) is 4.25. The Bertz CT molecular complexity index is 979. The monoisotopic (exact) mass is 394 g/mol. The Hall–Kier alpha value is -1.63. The summed E-state index contributed by atoms with van der Waals surface area (Å²) in [6, 6.07) is 9.35. The molecule has 0 N–H and O–H groups in total. The minimum absolute atomic E-state index is 0.0232. The molecule has 4 rings (SSSR count). The van der Waals surface area contributed by atoms with Crippen molar-refractivity contribution in [1.82, 2.24) is 4.90 Å². The fraction of sp³-hybridized carbons (Fsp3) is 0.368. The Morgan fingerprint density at radius 2 is 1.96 bits per heavy atom. The van der Waals surface area contributed by atoms with E-state index < -0.39 is 15.8 Å². The molecule has 2 aliphatic heterocycles. The van der Waals surface area contributed by atoms with Crippen LogP contribution < -0.4 is 4.31 Å². The molecule has 0 radical (unpaired) electrons. The van der Waals surface area contributed by atoms with Gasteiger partial charge in [-0.05, 0) is 56.8 Å². The van der Waals surface area contributed by atoms with Gasteiger partial charge in [-0.1, -0.05) is 29.3 Å². The number of nitrogens with zero attached hydrogens (tertiary/aromatic N) is 2. The first-order chi connectivity index (χ1) is 12.3. The highest BCUT2D eigenvalue weighted by molar-refractivity contribution is 7.92. The molecule has 0 amide bonds. The van der Waals surface area contributed by atoms with Gasteiger partial charge in [-0.25, -0.2) is 12.8 Å². The Morgan fingerprint density at radius 1 is 1.19 bits per heavy atom. The number of aryl methyl sites for hydroxylation is 1. The van der Waals surface area contributed by atoms with E-state index in [1.165, 1.54) is 16.4 Å². The molecule has 4 nitrogen and oxygen atoms in total. The summed E-state index contributed by atoms with van der Waals surface area (Å²) in [7, 11) is -1.77. The fourth-order valence-corrected chi connectivity index (χ4v) is 6.11. The van der Waals surface area contributed by atoms with Gasteiger partial charge in [-0.15, -0.1) is 0 Å². The summed E-state index contributed by atoms with van der Waals surface area (Å²) >= 11 is 5.84. The zero-order valence-electron chi connectivity index (χ0n) is 14.6. The zero-order chi connectivity index (χ0) is 18.6. The van der Waals surface area contributed by atoms with Crippen molar-refractivity contribution >= 4 is 27.3 Å². The Morgan fingerprint density at radius 3 is 2.69 bits per heavy atom. The molecule has 1 fully saturated rings. The van der Waals surface area contributed by atoms with Gasteiger partial charge in [0.15, 0.2) is 0 Å². The van der Waals surface area contributed by atoms with E-state index >= 15 is 0 Å². The van der Waals surface area contributed by atoms with E-state index in [0.29, 0.717) is 0 Å². The molecule has 0 bridgehead atoms. The summed E-state index contributed by atoms with van der Waals surface area (Å²) < 4.78 is 41.9. The first-order valence-electron chi connectivity index (χ1n) is 8.57. The quantitative estimate of drug-likeness (QED) is 0.778. The van der Waals surface area contributed by atoms with Crippen LogP contribution in [-0.2, 0) is 10.0 Å². The van der Waals surface area contributed by atoms with Crippen LogP contribution in [-0.4, -0.2) is 39.5 Å². The Balaban J connectivity index is 1.86. The lowest BCUT2D eigenvalue weighted by Gasteiger charge is -2.36. The molecular weight excluding hydrogens is 375 g/mol. The lowest BCUT2D eigenvalue weighted by Crippen LogP contribution is -2.47. The third-order valence-electron chi connectivity index (χ3n) is 5.35. The number of likely N-dealkylation sites (N-methyl/N-ethyl adjacent to an activating group) is 1. The van der Waals surface area contributed by atoms with E-state index in [2.05, 4.69) is 18.0 Å². The normalized spacial score (nSPS) is 23.0. The number of anilines is 1. The van der Waals surface area contributed by atoms with Crippen molar-refractivity contribution < 1.29 is 12.8 Å². The van der Waals surface area contributed by atoms with Gasteiger partial charge in [-0.2, -0.15) is 0 Å². The highest BCUT2D eigenvalue weighted by Gasteiger charge is 2.46. The lowest BCUT2D eigenvalue weighted by molar-refractivity contribution is 0.237. The van der Waals surface area contributed by atoms with Crippen molar-refractivity contribution in [2.75, 3.05) is 24.4 Å². The van der Waals surface area contributed by atoms with Gasteiger partial charge in [0, 0.05) is 12.5 Å². The van der Waals surface area contributed by atoms with Crippen LogP contribution in [0.25, 0.3) is 0 Å². The highest BCUT2D eigenvalue weighted by atomic mass is 35.5. The summed E-state index contributed by atoms with van der Waals surface area (Å²) in [6.45, 7) is 3.67. The molecule has 0 aliphatic carbocycles. The van der Waals surface area contributed by atoms with Crippen molar-refractivity contribution in [3.8, 4) is 0 Å². The number of likely N-dealkylation sites (tertiary alicyclic amines) is 1. The largest absolute Gasteiger partial charge is 0.306 e. The van der Waals surface area contributed by atoms with E-state index in [0.717, 1.165) is 42.4 Å². The first kappa shape index (κ1) is 17.8. The number of benzene rings is 2. The summed E-state index contributed by atoms with van der Waals surface area (Å²) in [6.07, 6.45) is 0.753. The highest BCUT2D eigenvalue weighted by Crippen LogP contribution is 2.47. The molecule has 2 aromatic carbocycles. The average molecular weight is 395 g/mol. The lowest BCUT2D eigenvalue weighted by atomic mass is 9.89. The second-order valence-corrected chi connectivity index (χ2v) is 9.39. The third kappa shape index (κ3) is 2.71. The van der Waals surface area contributed by atoms with Crippen molar-refractivity contribution in [3.63, 3.8) is 0 Å². The maximum absolute atomic E-state index is 13.5. The number of hydrogen-bond donors (Lipinski definition) is 0. The molecule has 26 heavy (non-hydrogen) atoms. The number of hydrogen-bond acceptors (Lipinski definition) is 3. The maximum atomic E-state index is 13.5. The molecule has 0 unspecified atom stereocenters.